The lowest BCUT2D eigenvalue weighted by Crippen LogP contribution is -2.34. The van der Waals surface area contributed by atoms with Crippen LogP contribution in [0.2, 0.25) is 5.02 Å². The second-order valence-corrected chi connectivity index (χ2v) is 7.80. The van der Waals surface area contributed by atoms with Crippen LogP contribution in [0.25, 0.3) is 11.4 Å². The van der Waals surface area contributed by atoms with E-state index < -0.39 is 5.92 Å². The van der Waals surface area contributed by atoms with Crippen molar-refractivity contribution in [1.82, 2.24) is 15.0 Å². The molecule has 1 saturated carbocycles. The number of carbonyl (C=O) groups excluding carboxylic acids is 1. The highest BCUT2D eigenvalue weighted by Gasteiger charge is 2.38. The average Bonchev–Trinajstić information content (AvgIpc) is 3.22. The van der Waals surface area contributed by atoms with Gasteiger partial charge < -0.3 is 9.42 Å². The van der Waals surface area contributed by atoms with Crippen molar-refractivity contribution in [3.05, 3.63) is 34.2 Å². The van der Waals surface area contributed by atoms with Crippen molar-refractivity contribution in [3.63, 3.8) is 0 Å². The second kappa shape index (κ2) is 7.02. The van der Waals surface area contributed by atoms with E-state index in [0.29, 0.717) is 53.8 Å². The Morgan fingerprint density at radius 1 is 1.30 bits per heavy atom. The fraction of sp³-hybridized carbons (Fsp3) is 0.500. The van der Waals surface area contributed by atoms with Gasteiger partial charge in [-0.1, -0.05) is 16.8 Å². The quantitative estimate of drug-likeness (QED) is 0.665. The number of rotatable bonds is 4. The molecular weight excluding hydrogens is 399 g/mol. The van der Waals surface area contributed by atoms with Gasteiger partial charge in [0.05, 0.1) is 10.6 Å². The molecule has 0 atom stereocenters. The molecule has 0 unspecified atom stereocenters. The molecule has 2 aliphatic rings. The maximum Gasteiger partial charge on any atom is 0.256 e. The van der Waals surface area contributed by atoms with Crippen LogP contribution in [-0.4, -0.2) is 33.4 Å². The van der Waals surface area contributed by atoms with Gasteiger partial charge in [0.25, 0.3) is 5.91 Å². The van der Waals surface area contributed by atoms with E-state index in [1.165, 1.54) is 0 Å². The van der Waals surface area contributed by atoms with E-state index in [0.717, 1.165) is 5.56 Å². The van der Waals surface area contributed by atoms with E-state index in [9.17, 15) is 13.6 Å². The van der Waals surface area contributed by atoms with Gasteiger partial charge in [-0.05, 0) is 36.5 Å². The molecule has 5 nitrogen and oxygen atoms in total. The minimum atomic E-state index is -2.57. The van der Waals surface area contributed by atoms with E-state index in [4.69, 9.17) is 27.7 Å². The fourth-order valence-electron chi connectivity index (χ4n) is 3.76. The Hall–Kier alpha value is -1.73. The SMILES string of the molecule is O=C1c2c(Cl)cc(-c3noc(CCl)n3)cc2CN1CC1CCC(F)(F)CC1. The van der Waals surface area contributed by atoms with Crippen molar-refractivity contribution >= 4 is 29.1 Å². The minimum Gasteiger partial charge on any atom is -0.338 e. The van der Waals surface area contributed by atoms with Gasteiger partial charge in [-0.15, -0.1) is 11.6 Å². The average molecular weight is 416 g/mol. The number of benzene rings is 1. The first-order valence-corrected chi connectivity index (χ1v) is 9.66. The van der Waals surface area contributed by atoms with Crippen molar-refractivity contribution in [1.29, 1.82) is 0 Å². The number of hydrogen-bond donors (Lipinski definition) is 0. The van der Waals surface area contributed by atoms with E-state index in [1.807, 2.05) is 6.07 Å². The maximum atomic E-state index is 13.3. The predicted octanol–water partition coefficient (Wildman–Crippen LogP) is 4.91. The first kappa shape index (κ1) is 18.6. The van der Waals surface area contributed by atoms with Crippen LogP contribution in [0, 0.1) is 5.92 Å². The van der Waals surface area contributed by atoms with E-state index >= 15 is 0 Å². The molecule has 0 N–H and O–H groups in total. The number of amides is 1. The monoisotopic (exact) mass is 415 g/mol. The van der Waals surface area contributed by atoms with Crippen LogP contribution < -0.4 is 0 Å². The largest absolute Gasteiger partial charge is 0.338 e. The van der Waals surface area contributed by atoms with Gasteiger partial charge in [0.2, 0.25) is 17.6 Å². The first-order chi connectivity index (χ1) is 12.9. The Kier molecular flexibility index (Phi) is 4.84. The molecule has 4 rings (SSSR count). The standard InChI is InChI=1S/C18H17Cl2F2N3O2/c19-7-14-23-16(24-27-14)11-5-12-9-25(17(26)15(12)13(20)6-11)8-10-1-3-18(21,22)4-2-10/h5-6,10H,1-4,7-9H2. The summed E-state index contributed by atoms with van der Waals surface area (Å²) in [4.78, 5) is 18.6. The van der Waals surface area contributed by atoms with Crippen LogP contribution in [-0.2, 0) is 12.4 Å². The molecule has 1 aromatic carbocycles. The Morgan fingerprint density at radius 3 is 2.70 bits per heavy atom. The highest BCUT2D eigenvalue weighted by Crippen LogP contribution is 2.38. The van der Waals surface area contributed by atoms with Gasteiger partial charge in [-0.2, -0.15) is 4.98 Å². The lowest BCUT2D eigenvalue weighted by molar-refractivity contribution is -0.0480. The highest BCUT2D eigenvalue weighted by molar-refractivity contribution is 6.34. The van der Waals surface area contributed by atoms with Gasteiger partial charge in [-0.25, -0.2) is 8.78 Å². The zero-order chi connectivity index (χ0) is 19.2. The molecule has 0 spiro atoms. The van der Waals surface area contributed by atoms with E-state index in [2.05, 4.69) is 10.1 Å². The molecule has 1 aliphatic heterocycles. The Morgan fingerprint density at radius 2 is 2.04 bits per heavy atom. The summed E-state index contributed by atoms with van der Waals surface area (Å²) in [6, 6.07) is 3.45. The van der Waals surface area contributed by atoms with E-state index in [1.54, 1.807) is 11.0 Å². The van der Waals surface area contributed by atoms with E-state index in [-0.39, 0.29) is 30.5 Å². The molecule has 0 bridgehead atoms. The molecule has 144 valence electrons. The molecule has 1 amide bonds. The minimum absolute atomic E-state index is 0.0876. The van der Waals surface area contributed by atoms with Crippen molar-refractivity contribution in [2.45, 2.75) is 44.0 Å². The van der Waals surface area contributed by atoms with Gasteiger partial charge >= 0.3 is 0 Å². The van der Waals surface area contributed by atoms with Crippen molar-refractivity contribution < 1.29 is 18.1 Å². The molecule has 0 saturated heterocycles. The summed E-state index contributed by atoms with van der Waals surface area (Å²) in [5.41, 5.74) is 1.88. The summed E-state index contributed by atoms with van der Waals surface area (Å²) in [5.74, 6) is -1.87. The zero-order valence-corrected chi connectivity index (χ0v) is 15.9. The Balaban J connectivity index is 1.52. The number of carbonyl (C=O) groups is 1. The third-order valence-corrected chi connectivity index (χ3v) is 5.72. The third-order valence-electron chi connectivity index (χ3n) is 5.19. The van der Waals surface area contributed by atoms with Gasteiger partial charge in [0.1, 0.15) is 5.88 Å². The second-order valence-electron chi connectivity index (χ2n) is 7.12. The number of alkyl halides is 3. The molecule has 1 aromatic heterocycles. The summed E-state index contributed by atoms with van der Waals surface area (Å²) in [6.45, 7) is 0.864. The highest BCUT2D eigenvalue weighted by atomic mass is 35.5. The molecule has 1 fully saturated rings. The van der Waals surface area contributed by atoms with Crippen LogP contribution in [0.1, 0.15) is 47.5 Å². The van der Waals surface area contributed by atoms with Crippen LogP contribution in [0.3, 0.4) is 0 Å². The normalized spacial score (nSPS) is 19.6. The fourth-order valence-corrected chi connectivity index (χ4v) is 4.19. The first-order valence-electron chi connectivity index (χ1n) is 8.75. The maximum absolute atomic E-state index is 13.3. The van der Waals surface area contributed by atoms with Crippen LogP contribution in [0.5, 0.6) is 0 Å². The summed E-state index contributed by atoms with van der Waals surface area (Å²) in [7, 11) is 0. The number of nitrogens with zero attached hydrogens (tertiary/aromatic N) is 3. The number of halogens is 4. The van der Waals surface area contributed by atoms with Crippen LogP contribution >= 0.6 is 23.2 Å². The van der Waals surface area contributed by atoms with Crippen molar-refractivity contribution in [2.75, 3.05) is 6.54 Å². The summed E-state index contributed by atoms with van der Waals surface area (Å²) < 4.78 is 31.7. The smallest absolute Gasteiger partial charge is 0.256 e. The molecule has 2 aromatic rings. The lowest BCUT2D eigenvalue weighted by atomic mass is 9.86. The van der Waals surface area contributed by atoms with Gasteiger partial charge in [0, 0.05) is 31.5 Å². The number of hydrogen-bond acceptors (Lipinski definition) is 4. The molecular formula is C18H17Cl2F2N3O2. The third kappa shape index (κ3) is 3.67. The Bertz CT molecular complexity index is 877. The summed E-state index contributed by atoms with van der Waals surface area (Å²) in [6.07, 6.45) is 0.628. The van der Waals surface area contributed by atoms with Gasteiger partial charge in [-0.3, -0.25) is 4.79 Å². The summed E-state index contributed by atoms with van der Waals surface area (Å²) >= 11 is 12.0. The zero-order valence-electron chi connectivity index (χ0n) is 14.4. The molecule has 27 heavy (non-hydrogen) atoms. The lowest BCUT2D eigenvalue weighted by Gasteiger charge is -2.30. The predicted molar refractivity (Wildman–Crippen MR) is 95.9 cm³/mol. The van der Waals surface area contributed by atoms with Crippen molar-refractivity contribution in [2.24, 2.45) is 5.92 Å². The summed E-state index contributed by atoms with van der Waals surface area (Å²) in [5, 5.41) is 4.19. The molecule has 2 heterocycles. The topological polar surface area (TPSA) is 59.2 Å². The molecule has 9 heteroatoms. The van der Waals surface area contributed by atoms with Crippen LogP contribution in [0.15, 0.2) is 16.7 Å². The molecule has 0 radical (unpaired) electrons. The Labute approximate surface area is 164 Å². The number of aromatic nitrogens is 2. The van der Waals surface area contributed by atoms with Crippen molar-refractivity contribution in [3.8, 4) is 11.4 Å². The van der Waals surface area contributed by atoms with Gasteiger partial charge in [0.15, 0.2) is 0 Å². The number of fused-ring (bicyclic) bond motifs is 1. The van der Waals surface area contributed by atoms with Crippen LogP contribution in [0.4, 0.5) is 8.78 Å². The molecule has 1 aliphatic carbocycles.